The lowest BCUT2D eigenvalue weighted by Gasteiger charge is -2.05. The number of ether oxygens (including phenoxy) is 1. The predicted octanol–water partition coefficient (Wildman–Crippen LogP) is 2.70. The minimum atomic E-state index is 0.328. The van der Waals surface area contributed by atoms with E-state index >= 15 is 0 Å². The summed E-state index contributed by atoms with van der Waals surface area (Å²) in [6.07, 6.45) is 3.57. The van der Waals surface area contributed by atoms with Crippen molar-refractivity contribution in [3.05, 3.63) is 34.9 Å². The maximum atomic E-state index is 5.89. The summed E-state index contributed by atoms with van der Waals surface area (Å²) in [5.74, 6) is 0. The molecule has 0 radical (unpaired) electrons. The van der Waals surface area contributed by atoms with E-state index in [1.807, 2.05) is 18.2 Å². The Bertz CT molecular complexity index is 338. The van der Waals surface area contributed by atoms with Crippen LogP contribution in [-0.2, 0) is 11.2 Å². The molecule has 0 aliphatic carbocycles. The third-order valence-electron chi connectivity index (χ3n) is 2.29. The molecule has 0 saturated heterocycles. The minimum absolute atomic E-state index is 0.328. The molecular weight excluding hydrogens is 198 g/mol. The van der Waals surface area contributed by atoms with E-state index in [1.54, 1.807) is 6.40 Å². The van der Waals surface area contributed by atoms with Crippen LogP contribution in [0.4, 0.5) is 0 Å². The summed E-state index contributed by atoms with van der Waals surface area (Å²) in [5, 5.41) is 0.800. The van der Waals surface area contributed by atoms with Crippen molar-refractivity contribution < 1.29 is 4.74 Å². The number of rotatable bonds is 3. The Hall–Kier alpha value is -1.02. The zero-order valence-corrected chi connectivity index (χ0v) is 8.57. The number of aliphatic imine (C=N–C) groups is 1. The van der Waals surface area contributed by atoms with Crippen molar-refractivity contribution in [2.24, 2.45) is 4.99 Å². The van der Waals surface area contributed by atoms with Crippen molar-refractivity contribution in [3.8, 4) is 0 Å². The lowest BCUT2D eigenvalue weighted by atomic mass is 10.1. The standard InChI is InChI=1S/C11H12ClNO/c12-10-3-1-2-9(6-10)4-5-11-7-14-8-13-11/h1-3,6,8,11H,4-5,7H2. The Kier molecular flexibility index (Phi) is 3.04. The molecule has 2 nitrogen and oxygen atoms in total. The maximum Gasteiger partial charge on any atom is 0.169 e. The first-order valence-electron chi connectivity index (χ1n) is 4.72. The van der Waals surface area contributed by atoms with Crippen LogP contribution in [0, 0.1) is 0 Å². The summed E-state index contributed by atoms with van der Waals surface area (Å²) >= 11 is 5.89. The number of hydrogen-bond donors (Lipinski definition) is 0. The van der Waals surface area contributed by atoms with Crippen molar-refractivity contribution >= 4 is 18.0 Å². The van der Waals surface area contributed by atoms with E-state index in [-0.39, 0.29) is 0 Å². The van der Waals surface area contributed by atoms with Crippen LogP contribution in [0.3, 0.4) is 0 Å². The first kappa shape index (κ1) is 9.53. The second kappa shape index (κ2) is 4.47. The molecule has 1 aromatic rings. The number of aryl methyl sites for hydroxylation is 1. The third kappa shape index (κ3) is 2.48. The van der Waals surface area contributed by atoms with Gasteiger partial charge in [-0.2, -0.15) is 0 Å². The van der Waals surface area contributed by atoms with Crippen LogP contribution in [-0.4, -0.2) is 19.0 Å². The molecule has 1 aromatic carbocycles. The normalized spacial score (nSPS) is 19.6. The molecular formula is C11H12ClNO. The van der Waals surface area contributed by atoms with E-state index in [4.69, 9.17) is 16.3 Å². The summed E-state index contributed by atoms with van der Waals surface area (Å²) < 4.78 is 5.05. The van der Waals surface area contributed by atoms with Crippen LogP contribution in [0.5, 0.6) is 0 Å². The molecule has 0 N–H and O–H groups in total. The first-order valence-corrected chi connectivity index (χ1v) is 5.10. The Labute approximate surface area is 88.6 Å². The van der Waals surface area contributed by atoms with Crippen molar-refractivity contribution in [2.45, 2.75) is 18.9 Å². The zero-order valence-electron chi connectivity index (χ0n) is 7.82. The second-order valence-corrected chi connectivity index (χ2v) is 3.85. The van der Waals surface area contributed by atoms with Crippen LogP contribution in [0.2, 0.25) is 5.02 Å². The van der Waals surface area contributed by atoms with Gasteiger partial charge < -0.3 is 4.74 Å². The van der Waals surface area contributed by atoms with E-state index < -0.39 is 0 Å². The summed E-state index contributed by atoms with van der Waals surface area (Å²) in [4.78, 5) is 4.19. The number of nitrogens with zero attached hydrogens (tertiary/aromatic N) is 1. The quantitative estimate of drug-likeness (QED) is 0.750. The molecule has 0 aromatic heterocycles. The Balaban J connectivity index is 1.88. The summed E-state index contributed by atoms with van der Waals surface area (Å²) in [6.45, 7) is 0.723. The molecule has 3 heteroatoms. The molecule has 0 saturated carbocycles. The fraction of sp³-hybridized carbons (Fsp3) is 0.364. The number of halogens is 1. The van der Waals surface area contributed by atoms with Gasteiger partial charge in [-0.1, -0.05) is 23.7 Å². The summed E-state index contributed by atoms with van der Waals surface area (Å²) in [7, 11) is 0. The fourth-order valence-electron chi connectivity index (χ4n) is 1.51. The van der Waals surface area contributed by atoms with Crippen LogP contribution in [0.15, 0.2) is 29.3 Å². The monoisotopic (exact) mass is 209 g/mol. The molecule has 1 heterocycles. The minimum Gasteiger partial charge on any atom is -0.481 e. The molecule has 0 fully saturated rings. The van der Waals surface area contributed by atoms with Gasteiger partial charge in [0, 0.05) is 5.02 Å². The largest absolute Gasteiger partial charge is 0.481 e. The van der Waals surface area contributed by atoms with Gasteiger partial charge >= 0.3 is 0 Å². The smallest absolute Gasteiger partial charge is 0.169 e. The Morgan fingerprint density at radius 3 is 3.14 bits per heavy atom. The van der Waals surface area contributed by atoms with Crippen molar-refractivity contribution in [2.75, 3.05) is 6.61 Å². The molecule has 1 unspecified atom stereocenters. The van der Waals surface area contributed by atoms with Gasteiger partial charge in [0.2, 0.25) is 0 Å². The van der Waals surface area contributed by atoms with Gasteiger partial charge in [0.05, 0.1) is 6.04 Å². The summed E-state index contributed by atoms with van der Waals surface area (Å²) in [5.41, 5.74) is 1.26. The molecule has 74 valence electrons. The van der Waals surface area contributed by atoms with E-state index in [2.05, 4.69) is 11.1 Å². The van der Waals surface area contributed by atoms with E-state index in [1.165, 1.54) is 5.56 Å². The molecule has 1 aliphatic heterocycles. The van der Waals surface area contributed by atoms with Gasteiger partial charge in [0.25, 0.3) is 0 Å². The molecule has 1 aliphatic rings. The van der Waals surface area contributed by atoms with E-state index in [0.29, 0.717) is 6.04 Å². The van der Waals surface area contributed by atoms with Gasteiger partial charge in [0.15, 0.2) is 6.40 Å². The van der Waals surface area contributed by atoms with Gasteiger partial charge in [-0.3, -0.25) is 4.99 Å². The van der Waals surface area contributed by atoms with Crippen LogP contribution in [0.1, 0.15) is 12.0 Å². The lowest BCUT2D eigenvalue weighted by Crippen LogP contribution is -2.07. The topological polar surface area (TPSA) is 21.6 Å². The average molecular weight is 210 g/mol. The van der Waals surface area contributed by atoms with Crippen molar-refractivity contribution in [1.29, 1.82) is 0 Å². The van der Waals surface area contributed by atoms with E-state index in [9.17, 15) is 0 Å². The highest BCUT2D eigenvalue weighted by atomic mass is 35.5. The fourth-order valence-corrected chi connectivity index (χ4v) is 1.72. The highest BCUT2D eigenvalue weighted by Gasteiger charge is 2.11. The van der Waals surface area contributed by atoms with Crippen LogP contribution in [0.25, 0.3) is 0 Å². The Morgan fingerprint density at radius 2 is 2.43 bits per heavy atom. The maximum absolute atomic E-state index is 5.89. The van der Waals surface area contributed by atoms with E-state index in [0.717, 1.165) is 24.5 Å². The van der Waals surface area contributed by atoms with Gasteiger partial charge in [0.1, 0.15) is 6.61 Å². The number of benzene rings is 1. The molecule has 0 spiro atoms. The second-order valence-electron chi connectivity index (χ2n) is 3.41. The molecule has 0 amide bonds. The van der Waals surface area contributed by atoms with Gasteiger partial charge in [-0.25, -0.2) is 0 Å². The number of hydrogen-bond acceptors (Lipinski definition) is 2. The molecule has 0 bridgehead atoms. The zero-order chi connectivity index (χ0) is 9.80. The lowest BCUT2D eigenvalue weighted by molar-refractivity contribution is 0.322. The predicted molar refractivity (Wildman–Crippen MR) is 58.0 cm³/mol. The average Bonchev–Trinajstić information content (AvgIpc) is 2.67. The highest BCUT2D eigenvalue weighted by Crippen LogP contribution is 2.14. The molecule has 2 rings (SSSR count). The van der Waals surface area contributed by atoms with Crippen LogP contribution < -0.4 is 0 Å². The Morgan fingerprint density at radius 1 is 1.50 bits per heavy atom. The first-order chi connectivity index (χ1) is 6.84. The SMILES string of the molecule is Clc1cccc(CCC2COC=N2)c1. The van der Waals surface area contributed by atoms with Gasteiger partial charge in [-0.05, 0) is 30.5 Å². The molecule has 14 heavy (non-hydrogen) atoms. The summed E-state index contributed by atoms with van der Waals surface area (Å²) in [6, 6.07) is 8.29. The van der Waals surface area contributed by atoms with Crippen LogP contribution >= 0.6 is 11.6 Å². The third-order valence-corrected chi connectivity index (χ3v) is 2.53. The van der Waals surface area contributed by atoms with Gasteiger partial charge in [-0.15, -0.1) is 0 Å². The molecule has 1 atom stereocenters. The highest BCUT2D eigenvalue weighted by molar-refractivity contribution is 6.30. The van der Waals surface area contributed by atoms with Crippen molar-refractivity contribution in [1.82, 2.24) is 0 Å². The van der Waals surface area contributed by atoms with Crippen molar-refractivity contribution in [3.63, 3.8) is 0 Å².